The van der Waals surface area contributed by atoms with Gasteiger partial charge in [-0.05, 0) is 24.3 Å². The fourth-order valence-corrected chi connectivity index (χ4v) is 5.11. The van der Waals surface area contributed by atoms with E-state index < -0.39 is 20.6 Å². The molecule has 1 saturated heterocycles. The lowest BCUT2D eigenvalue weighted by Crippen LogP contribution is -2.37. The molecular formula is C12H17N3O4S2. The van der Waals surface area contributed by atoms with Gasteiger partial charge in [-0.15, -0.1) is 0 Å². The van der Waals surface area contributed by atoms with E-state index in [1.54, 1.807) is 18.8 Å². The fourth-order valence-electron chi connectivity index (χ4n) is 2.19. The van der Waals surface area contributed by atoms with Gasteiger partial charge < -0.3 is 5.32 Å². The smallest absolute Gasteiger partial charge is 0.289 e. The molecule has 0 aromatic heterocycles. The first kappa shape index (κ1) is 16.1. The van der Waals surface area contributed by atoms with Crippen LogP contribution in [0.5, 0.6) is 0 Å². The van der Waals surface area contributed by atoms with E-state index in [0.29, 0.717) is 5.69 Å². The van der Waals surface area contributed by atoms with Crippen LogP contribution in [0.2, 0.25) is 0 Å². The second kappa shape index (κ2) is 6.20. The van der Waals surface area contributed by atoms with Crippen LogP contribution >= 0.6 is 11.8 Å². The molecule has 0 aliphatic carbocycles. The number of nitrogens with one attached hydrogen (secondary N) is 1. The van der Waals surface area contributed by atoms with Gasteiger partial charge in [-0.3, -0.25) is 10.1 Å². The average Bonchev–Trinajstić information content (AvgIpc) is 2.99. The van der Waals surface area contributed by atoms with Gasteiger partial charge in [-0.2, -0.15) is 16.1 Å². The van der Waals surface area contributed by atoms with E-state index in [-0.39, 0.29) is 10.9 Å². The Labute approximate surface area is 127 Å². The highest BCUT2D eigenvalue weighted by Gasteiger charge is 2.35. The van der Waals surface area contributed by atoms with Crippen molar-refractivity contribution in [2.75, 3.05) is 30.9 Å². The summed E-state index contributed by atoms with van der Waals surface area (Å²) in [5, 5.41) is 13.9. The second-order valence-electron chi connectivity index (χ2n) is 4.73. The van der Waals surface area contributed by atoms with Crippen molar-refractivity contribution in [2.24, 2.45) is 0 Å². The molecule has 9 heteroatoms. The maximum absolute atomic E-state index is 12.7. The minimum absolute atomic E-state index is 0.113. The van der Waals surface area contributed by atoms with Crippen molar-refractivity contribution in [2.45, 2.75) is 17.4 Å². The molecule has 0 spiro atoms. The number of anilines is 1. The molecule has 1 aliphatic heterocycles. The van der Waals surface area contributed by atoms with Crippen LogP contribution in [-0.2, 0) is 10.0 Å². The first-order valence-electron chi connectivity index (χ1n) is 6.40. The van der Waals surface area contributed by atoms with Crippen molar-refractivity contribution in [1.29, 1.82) is 0 Å². The fraction of sp³-hybridized carbons (Fsp3) is 0.500. The van der Waals surface area contributed by atoms with Crippen LogP contribution in [0.15, 0.2) is 23.1 Å². The highest BCUT2D eigenvalue weighted by molar-refractivity contribution is 7.99. The van der Waals surface area contributed by atoms with E-state index in [1.165, 1.54) is 29.6 Å². The Morgan fingerprint density at radius 3 is 2.71 bits per heavy atom. The monoisotopic (exact) mass is 331 g/mol. The number of benzene rings is 1. The molecule has 0 radical (unpaired) electrons. The first-order valence-corrected chi connectivity index (χ1v) is 8.99. The molecule has 0 saturated carbocycles. The lowest BCUT2D eigenvalue weighted by molar-refractivity contribution is -0.387. The van der Waals surface area contributed by atoms with E-state index in [1.807, 2.05) is 0 Å². The van der Waals surface area contributed by atoms with E-state index in [2.05, 4.69) is 5.32 Å². The highest BCUT2D eigenvalue weighted by Crippen LogP contribution is 2.32. The number of rotatable bonds is 5. The van der Waals surface area contributed by atoms with Crippen molar-refractivity contribution < 1.29 is 13.3 Å². The third-order valence-electron chi connectivity index (χ3n) is 3.52. The Morgan fingerprint density at radius 2 is 2.19 bits per heavy atom. The van der Waals surface area contributed by atoms with Crippen LogP contribution in [0, 0.1) is 10.1 Å². The highest BCUT2D eigenvalue weighted by atomic mass is 32.2. The van der Waals surface area contributed by atoms with Crippen molar-refractivity contribution in [3.63, 3.8) is 0 Å². The maximum atomic E-state index is 12.7. The topological polar surface area (TPSA) is 92.5 Å². The van der Waals surface area contributed by atoms with Gasteiger partial charge in [0.15, 0.2) is 4.90 Å². The number of sulfonamides is 1. The number of nitrogens with zero attached hydrogens (tertiary/aromatic N) is 2. The third kappa shape index (κ3) is 3.14. The molecule has 1 aliphatic rings. The van der Waals surface area contributed by atoms with Gasteiger partial charge in [-0.1, -0.05) is 0 Å². The van der Waals surface area contributed by atoms with Gasteiger partial charge in [0.05, 0.1) is 4.92 Å². The van der Waals surface area contributed by atoms with Crippen molar-refractivity contribution in [1.82, 2.24) is 4.31 Å². The minimum Gasteiger partial charge on any atom is -0.388 e. The van der Waals surface area contributed by atoms with E-state index in [0.717, 1.165) is 17.9 Å². The predicted octanol–water partition coefficient (Wildman–Crippen LogP) is 1.76. The van der Waals surface area contributed by atoms with Gasteiger partial charge in [0.25, 0.3) is 5.69 Å². The lowest BCUT2D eigenvalue weighted by Gasteiger charge is -2.23. The minimum atomic E-state index is -3.89. The molecule has 2 rings (SSSR count). The first-order chi connectivity index (χ1) is 9.87. The van der Waals surface area contributed by atoms with Gasteiger partial charge in [-0.25, -0.2) is 8.42 Å². The normalized spacial score (nSPS) is 18.9. The number of thioether (sulfide) groups is 1. The summed E-state index contributed by atoms with van der Waals surface area (Å²) in [5.74, 6) is 1.62. The predicted molar refractivity (Wildman–Crippen MR) is 83.3 cm³/mol. The molecule has 7 nitrogen and oxygen atoms in total. The van der Waals surface area contributed by atoms with Gasteiger partial charge in [0.1, 0.15) is 0 Å². The molecule has 0 bridgehead atoms. The molecule has 116 valence electrons. The summed E-state index contributed by atoms with van der Waals surface area (Å²) in [6.07, 6.45) is 0.764. The molecule has 1 aromatic rings. The Balaban J connectivity index is 2.49. The zero-order chi connectivity index (χ0) is 15.6. The number of hydrogen-bond acceptors (Lipinski definition) is 6. The molecule has 21 heavy (non-hydrogen) atoms. The standard InChI is InChI=1S/C12H17N3O4S2/c1-13-9-3-4-11(15(16)17)12(7-9)21(18,19)14(2)10-5-6-20-8-10/h3-4,7,10,13H,5-6,8H2,1-2H3. The maximum Gasteiger partial charge on any atom is 0.289 e. The molecule has 0 amide bonds. The summed E-state index contributed by atoms with van der Waals surface area (Å²) in [6, 6.07) is 3.91. The van der Waals surface area contributed by atoms with Crippen LogP contribution in [0.25, 0.3) is 0 Å². The molecule has 1 aromatic carbocycles. The van der Waals surface area contributed by atoms with Crippen LogP contribution < -0.4 is 5.32 Å². The number of nitro benzene ring substituents is 1. The summed E-state index contributed by atoms with van der Waals surface area (Å²) in [4.78, 5) is 10.2. The van der Waals surface area contributed by atoms with Crippen LogP contribution in [0.4, 0.5) is 11.4 Å². The van der Waals surface area contributed by atoms with Crippen molar-refractivity contribution >= 4 is 33.2 Å². The molecule has 1 atom stereocenters. The summed E-state index contributed by atoms with van der Waals surface area (Å²) in [5.41, 5.74) is 0.125. The zero-order valence-corrected chi connectivity index (χ0v) is 13.4. The summed E-state index contributed by atoms with van der Waals surface area (Å²) in [6.45, 7) is 0. The van der Waals surface area contributed by atoms with Gasteiger partial charge >= 0.3 is 0 Å². The Hall–Kier alpha value is -1.32. The van der Waals surface area contributed by atoms with Crippen LogP contribution in [0.3, 0.4) is 0 Å². The van der Waals surface area contributed by atoms with Crippen molar-refractivity contribution in [3.05, 3.63) is 28.3 Å². The molecule has 1 unspecified atom stereocenters. The molecule has 1 N–H and O–H groups in total. The Kier molecular flexibility index (Phi) is 4.74. The molecular weight excluding hydrogens is 314 g/mol. The van der Waals surface area contributed by atoms with E-state index >= 15 is 0 Å². The van der Waals surface area contributed by atoms with Crippen molar-refractivity contribution in [3.8, 4) is 0 Å². The van der Waals surface area contributed by atoms with Crippen LogP contribution in [0.1, 0.15) is 6.42 Å². The quantitative estimate of drug-likeness (QED) is 0.653. The summed E-state index contributed by atoms with van der Waals surface area (Å²) >= 11 is 1.69. The van der Waals surface area contributed by atoms with E-state index in [9.17, 15) is 18.5 Å². The number of hydrogen-bond donors (Lipinski definition) is 1. The lowest BCUT2D eigenvalue weighted by atomic mass is 10.3. The third-order valence-corrected chi connectivity index (χ3v) is 6.61. The number of nitro groups is 1. The second-order valence-corrected chi connectivity index (χ2v) is 7.84. The van der Waals surface area contributed by atoms with Gasteiger partial charge in [0.2, 0.25) is 10.0 Å². The van der Waals surface area contributed by atoms with Crippen LogP contribution in [-0.4, -0.2) is 49.3 Å². The summed E-state index contributed by atoms with van der Waals surface area (Å²) in [7, 11) is -0.771. The Morgan fingerprint density at radius 1 is 1.48 bits per heavy atom. The zero-order valence-electron chi connectivity index (χ0n) is 11.8. The summed E-state index contributed by atoms with van der Waals surface area (Å²) < 4.78 is 26.7. The van der Waals surface area contributed by atoms with E-state index in [4.69, 9.17) is 0 Å². The average molecular weight is 331 g/mol. The molecule has 1 heterocycles. The Bertz CT molecular complexity index is 642. The largest absolute Gasteiger partial charge is 0.388 e. The van der Waals surface area contributed by atoms with Gasteiger partial charge in [0, 0.05) is 37.6 Å². The molecule has 1 fully saturated rings. The SMILES string of the molecule is CNc1ccc([N+](=O)[O-])c(S(=O)(=O)N(C)C2CCSC2)c1.